The van der Waals surface area contributed by atoms with Crippen molar-refractivity contribution in [2.75, 3.05) is 0 Å². The molecule has 0 atom stereocenters. The number of hydrogen-bond donors (Lipinski definition) is 0. The summed E-state index contributed by atoms with van der Waals surface area (Å²) in [6, 6.07) is 7.44. The van der Waals surface area contributed by atoms with E-state index >= 15 is 0 Å². The van der Waals surface area contributed by atoms with Crippen molar-refractivity contribution < 1.29 is 27.2 Å². The van der Waals surface area contributed by atoms with Crippen molar-refractivity contribution in [1.29, 1.82) is 0 Å². The quantitative estimate of drug-likeness (QED) is 0.203. The summed E-state index contributed by atoms with van der Waals surface area (Å²) in [5.74, 6) is -1.50. The summed E-state index contributed by atoms with van der Waals surface area (Å²) in [4.78, 5) is 21.9. The van der Waals surface area contributed by atoms with Gasteiger partial charge in [-0.25, -0.2) is 18.7 Å². The standard InChI is InChI=1S/C25H14Cl2F4N4O2S/c1-12-3-2-6-34-21(12)35(11-15-10-33-24(27)38-15)23(37)19(22(34)36)13-4-5-18(28)16(7-13)20-17(26)8-14(9-32-20)25(29,30)31/h2-10H,11H2,1H3. The molecule has 0 spiro atoms. The van der Waals surface area contributed by atoms with Crippen LogP contribution < -0.4 is 15.2 Å². The third-order valence-electron chi connectivity index (χ3n) is 5.83. The maximum absolute atomic E-state index is 14.9. The topological polar surface area (TPSA) is 74.2 Å². The van der Waals surface area contributed by atoms with Gasteiger partial charge in [0.15, 0.2) is 4.47 Å². The monoisotopic (exact) mass is 580 g/mol. The number of rotatable bonds is 4. The second-order valence-corrected chi connectivity index (χ2v) is 10.4. The fourth-order valence-electron chi connectivity index (χ4n) is 4.12. The summed E-state index contributed by atoms with van der Waals surface area (Å²) in [5.41, 5.74) is -1.51. The lowest BCUT2D eigenvalue weighted by Crippen LogP contribution is -2.44. The second-order valence-electron chi connectivity index (χ2n) is 8.28. The first-order chi connectivity index (χ1) is 18.0. The zero-order chi connectivity index (χ0) is 27.4. The van der Waals surface area contributed by atoms with Crippen molar-refractivity contribution >= 4 is 40.2 Å². The number of fused-ring (bicyclic) bond motifs is 1. The van der Waals surface area contributed by atoms with E-state index < -0.39 is 34.0 Å². The van der Waals surface area contributed by atoms with Crippen LogP contribution >= 0.6 is 34.5 Å². The highest BCUT2D eigenvalue weighted by Gasteiger charge is 2.32. The number of alkyl halides is 3. The number of aryl methyl sites for hydroxylation is 1. The van der Waals surface area contributed by atoms with E-state index in [1.54, 1.807) is 19.1 Å². The molecule has 4 aromatic heterocycles. The van der Waals surface area contributed by atoms with Gasteiger partial charge in [-0.05, 0) is 42.8 Å². The molecule has 0 aliphatic carbocycles. The van der Waals surface area contributed by atoms with Crippen molar-refractivity contribution in [3.8, 4) is 28.3 Å². The van der Waals surface area contributed by atoms with Gasteiger partial charge < -0.3 is 5.11 Å². The molecule has 0 N–H and O–H groups in total. The van der Waals surface area contributed by atoms with Crippen LogP contribution in [0.4, 0.5) is 17.6 Å². The van der Waals surface area contributed by atoms with Gasteiger partial charge in [0, 0.05) is 23.5 Å². The molecule has 0 amide bonds. The Morgan fingerprint density at radius 1 is 1.13 bits per heavy atom. The van der Waals surface area contributed by atoms with Gasteiger partial charge in [0.1, 0.15) is 17.9 Å². The molecule has 38 heavy (non-hydrogen) atoms. The van der Waals surface area contributed by atoms with E-state index in [9.17, 15) is 27.5 Å². The molecule has 5 rings (SSSR count). The van der Waals surface area contributed by atoms with Crippen LogP contribution in [0.2, 0.25) is 9.49 Å². The molecule has 4 heterocycles. The lowest BCUT2D eigenvalue weighted by Gasteiger charge is -2.18. The highest BCUT2D eigenvalue weighted by atomic mass is 35.5. The van der Waals surface area contributed by atoms with E-state index in [0.717, 1.165) is 6.07 Å². The van der Waals surface area contributed by atoms with Gasteiger partial charge in [-0.1, -0.05) is 29.3 Å². The Kier molecular flexibility index (Phi) is 6.62. The molecule has 1 aromatic carbocycles. The average Bonchev–Trinajstić information content (AvgIpc) is 3.27. The van der Waals surface area contributed by atoms with Crippen LogP contribution in [0, 0.1) is 12.7 Å². The molecular weight excluding hydrogens is 567 g/mol. The fraction of sp³-hybridized carbons (Fsp3) is 0.120. The van der Waals surface area contributed by atoms with E-state index in [2.05, 4.69) is 9.97 Å². The number of hydrogen-bond acceptors (Lipinski definition) is 5. The van der Waals surface area contributed by atoms with Gasteiger partial charge in [0.2, 0.25) is 0 Å². The normalized spacial score (nSPS) is 11.9. The highest BCUT2D eigenvalue weighted by Crippen LogP contribution is 2.36. The molecule has 6 nitrogen and oxygen atoms in total. The summed E-state index contributed by atoms with van der Waals surface area (Å²) in [6.07, 6.45) is -1.13. The molecule has 0 aliphatic heterocycles. The Hall–Kier alpha value is -3.54. The van der Waals surface area contributed by atoms with Crippen LogP contribution in [-0.2, 0) is 12.7 Å². The number of pyridine rings is 2. The van der Waals surface area contributed by atoms with Crippen LogP contribution in [0.15, 0.2) is 59.8 Å². The molecule has 0 aliphatic rings. The molecule has 0 saturated heterocycles. The van der Waals surface area contributed by atoms with E-state index in [0.29, 0.717) is 28.4 Å². The predicted molar refractivity (Wildman–Crippen MR) is 133 cm³/mol. The minimum atomic E-state index is -4.69. The van der Waals surface area contributed by atoms with Gasteiger partial charge in [-0.2, -0.15) is 17.6 Å². The Balaban J connectivity index is 1.74. The first-order valence-electron chi connectivity index (χ1n) is 10.8. The first-order valence-corrected chi connectivity index (χ1v) is 12.4. The largest absolute Gasteiger partial charge is 0.842 e. The third-order valence-corrected chi connectivity index (χ3v) is 7.22. The van der Waals surface area contributed by atoms with Crippen LogP contribution in [0.1, 0.15) is 16.0 Å². The summed E-state index contributed by atoms with van der Waals surface area (Å²) in [5, 5.41) is 13.3. The zero-order valence-electron chi connectivity index (χ0n) is 19.2. The first kappa shape index (κ1) is 26.1. The van der Waals surface area contributed by atoms with E-state index in [-0.39, 0.29) is 33.4 Å². The van der Waals surface area contributed by atoms with Gasteiger partial charge in [0.05, 0.1) is 33.2 Å². The number of benzene rings is 1. The summed E-state index contributed by atoms with van der Waals surface area (Å²) in [6.45, 7) is 1.81. The molecule has 0 bridgehead atoms. The van der Waals surface area contributed by atoms with Crippen molar-refractivity contribution in [2.24, 2.45) is 0 Å². The van der Waals surface area contributed by atoms with Gasteiger partial charge in [0.25, 0.3) is 5.65 Å². The molecule has 13 heteroatoms. The molecule has 0 radical (unpaired) electrons. The molecule has 0 saturated carbocycles. The zero-order valence-corrected chi connectivity index (χ0v) is 21.5. The van der Waals surface area contributed by atoms with E-state index in [1.165, 1.54) is 44.8 Å². The third kappa shape index (κ3) is 4.61. The molecule has 194 valence electrons. The number of nitrogens with zero attached hydrogens (tertiary/aromatic N) is 4. The Morgan fingerprint density at radius 2 is 1.89 bits per heavy atom. The molecule has 0 unspecified atom stereocenters. The van der Waals surface area contributed by atoms with Crippen LogP contribution in [0.25, 0.3) is 28.0 Å². The smallest absolute Gasteiger partial charge is 0.417 e. The minimum absolute atomic E-state index is 0.0427. The fourth-order valence-corrected chi connectivity index (χ4v) is 5.35. The summed E-state index contributed by atoms with van der Waals surface area (Å²) >= 11 is 13.2. The number of thiazole rings is 1. The maximum Gasteiger partial charge on any atom is 0.417 e. The second kappa shape index (κ2) is 9.64. The van der Waals surface area contributed by atoms with Crippen molar-refractivity contribution in [2.45, 2.75) is 19.6 Å². The van der Waals surface area contributed by atoms with Crippen LogP contribution in [0.5, 0.6) is 5.88 Å². The number of halogens is 6. The minimum Gasteiger partial charge on any atom is -0.842 e. The number of aromatic nitrogens is 4. The Morgan fingerprint density at radius 3 is 2.55 bits per heavy atom. The summed E-state index contributed by atoms with van der Waals surface area (Å²) < 4.78 is 57.0. The van der Waals surface area contributed by atoms with Gasteiger partial charge in [-0.3, -0.25) is 4.98 Å². The van der Waals surface area contributed by atoms with Crippen molar-refractivity contribution in [3.63, 3.8) is 0 Å². The lowest BCUT2D eigenvalue weighted by atomic mass is 10.0. The molecule has 0 fully saturated rings. The highest BCUT2D eigenvalue weighted by molar-refractivity contribution is 7.15. The maximum atomic E-state index is 14.9. The Labute approximate surface area is 226 Å². The molecule has 5 aromatic rings. The van der Waals surface area contributed by atoms with Crippen molar-refractivity contribution in [1.82, 2.24) is 14.4 Å². The van der Waals surface area contributed by atoms with Crippen molar-refractivity contribution in [3.05, 3.63) is 96.7 Å². The van der Waals surface area contributed by atoms with E-state index in [4.69, 9.17) is 23.2 Å². The average molecular weight is 581 g/mol. The summed E-state index contributed by atoms with van der Waals surface area (Å²) in [7, 11) is 0. The predicted octanol–water partition coefficient (Wildman–Crippen LogP) is 5.67. The van der Waals surface area contributed by atoms with E-state index in [1.807, 2.05) is 0 Å². The SMILES string of the molecule is Cc1cccn2c(=O)c(-c3ccc(F)c(-c4ncc(C(F)(F)F)cc4Cl)c3)c([O-])[n+](Cc3cnc(Cl)s3)c12. The molecular formula is C25H14Cl2F4N4O2S. The van der Waals surface area contributed by atoms with Crippen LogP contribution in [-0.4, -0.2) is 14.4 Å². The van der Waals surface area contributed by atoms with Gasteiger partial charge in [-0.15, -0.1) is 11.3 Å². The Bertz CT molecular complexity index is 1790. The van der Waals surface area contributed by atoms with Gasteiger partial charge >= 0.3 is 11.7 Å². The van der Waals surface area contributed by atoms with Crippen LogP contribution in [0.3, 0.4) is 0 Å². The lowest BCUT2D eigenvalue weighted by molar-refractivity contribution is -0.707.